The quantitative estimate of drug-likeness (QED) is 0.836. The van der Waals surface area contributed by atoms with E-state index in [-0.39, 0.29) is 24.4 Å². The summed E-state index contributed by atoms with van der Waals surface area (Å²) < 4.78 is 0. The largest absolute Gasteiger partial charge is 0.337 e. The first-order valence-corrected chi connectivity index (χ1v) is 6.89. The van der Waals surface area contributed by atoms with Gasteiger partial charge in [0.05, 0.1) is 12.6 Å². The minimum atomic E-state index is -0.825. The molecule has 108 valence electrons. The third kappa shape index (κ3) is 4.36. The van der Waals surface area contributed by atoms with Crippen LogP contribution in [0.3, 0.4) is 0 Å². The van der Waals surface area contributed by atoms with Gasteiger partial charge in [-0.3, -0.25) is 4.79 Å². The first-order valence-electron chi connectivity index (χ1n) is 6.89. The molecule has 2 atom stereocenters. The van der Waals surface area contributed by atoms with E-state index in [1.807, 2.05) is 51.1 Å². The highest BCUT2D eigenvalue weighted by Crippen LogP contribution is 2.15. The second kappa shape index (κ2) is 7.06. The normalized spacial score (nSPS) is 15.2. The van der Waals surface area contributed by atoms with Crippen molar-refractivity contribution in [1.82, 2.24) is 10.6 Å². The average Bonchev–Trinajstić information content (AvgIpc) is 2.45. The second-order valence-corrected chi connectivity index (χ2v) is 5.53. The highest BCUT2D eigenvalue weighted by atomic mass is 16.2. The van der Waals surface area contributed by atoms with Crippen molar-refractivity contribution in [3.05, 3.63) is 35.9 Å². The van der Waals surface area contributed by atoms with Crippen LogP contribution < -0.4 is 10.6 Å². The summed E-state index contributed by atoms with van der Waals surface area (Å²) in [5, 5.41) is 15.1. The van der Waals surface area contributed by atoms with Crippen molar-refractivity contribution in [3.8, 4) is 6.07 Å². The molecule has 0 spiro atoms. The first kappa shape index (κ1) is 16.2. The first-order chi connectivity index (χ1) is 9.39. The van der Waals surface area contributed by atoms with E-state index in [0.29, 0.717) is 0 Å². The predicted octanol–water partition coefficient (Wildman–Crippen LogP) is 2.39. The van der Waals surface area contributed by atoms with E-state index in [0.717, 1.165) is 5.56 Å². The van der Waals surface area contributed by atoms with Gasteiger partial charge in [-0.1, -0.05) is 44.2 Å². The Morgan fingerprint density at radius 3 is 2.40 bits per heavy atom. The van der Waals surface area contributed by atoms with E-state index in [1.165, 1.54) is 0 Å². The number of nitrogens with zero attached hydrogens (tertiary/aromatic N) is 1. The topological polar surface area (TPSA) is 64.9 Å². The van der Waals surface area contributed by atoms with E-state index in [9.17, 15) is 10.1 Å². The molecule has 1 aromatic carbocycles. The van der Waals surface area contributed by atoms with Gasteiger partial charge in [0.25, 0.3) is 0 Å². The molecule has 0 aliphatic carbocycles. The van der Waals surface area contributed by atoms with Gasteiger partial charge in [0, 0.05) is 6.04 Å². The Hall–Kier alpha value is -1.86. The number of carbonyl (C=O) groups is 1. The van der Waals surface area contributed by atoms with Gasteiger partial charge in [0.2, 0.25) is 5.91 Å². The summed E-state index contributed by atoms with van der Waals surface area (Å²) in [4.78, 5) is 11.9. The Kier molecular flexibility index (Phi) is 5.72. The molecule has 2 N–H and O–H groups in total. The molecule has 0 heterocycles. The fourth-order valence-corrected chi connectivity index (χ4v) is 1.74. The van der Waals surface area contributed by atoms with Crippen molar-refractivity contribution in [2.45, 2.75) is 39.3 Å². The molecule has 0 bridgehead atoms. The van der Waals surface area contributed by atoms with Gasteiger partial charge in [0.15, 0.2) is 0 Å². The smallest absolute Gasteiger partial charge is 0.235 e. The van der Waals surface area contributed by atoms with Gasteiger partial charge in [-0.25, -0.2) is 0 Å². The molecular weight excluding hydrogens is 250 g/mol. The molecule has 4 heteroatoms. The van der Waals surface area contributed by atoms with Gasteiger partial charge in [-0.15, -0.1) is 0 Å². The summed E-state index contributed by atoms with van der Waals surface area (Å²) in [7, 11) is 0. The van der Waals surface area contributed by atoms with Gasteiger partial charge >= 0.3 is 0 Å². The molecule has 0 fully saturated rings. The van der Waals surface area contributed by atoms with E-state index >= 15 is 0 Å². The lowest BCUT2D eigenvalue weighted by Crippen LogP contribution is -2.51. The van der Waals surface area contributed by atoms with Crippen LogP contribution in [-0.2, 0) is 4.79 Å². The zero-order valence-electron chi connectivity index (χ0n) is 12.6. The Morgan fingerprint density at radius 2 is 1.90 bits per heavy atom. The summed E-state index contributed by atoms with van der Waals surface area (Å²) in [6, 6.07) is 12.2. The van der Waals surface area contributed by atoms with Crippen LogP contribution in [0.2, 0.25) is 0 Å². The molecule has 20 heavy (non-hydrogen) atoms. The summed E-state index contributed by atoms with van der Waals surface area (Å²) in [5.41, 5.74) is 0.307. The summed E-state index contributed by atoms with van der Waals surface area (Å²) in [5.74, 6) is -0.103. The molecule has 4 nitrogen and oxygen atoms in total. The van der Waals surface area contributed by atoms with Crippen LogP contribution in [0.15, 0.2) is 30.3 Å². The maximum absolute atomic E-state index is 11.9. The lowest BCUT2D eigenvalue weighted by Gasteiger charge is -2.27. The Balaban J connectivity index is 2.50. The molecule has 0 saturated heterocycles. The maximum Gasteiger partial charge on any atom is 0.235 e. The number of amides is 1. The van der Waals surface area contributed by atoms with E-state index in [1.54, 1.807) is 6.92 Å². The maximum atomic E-state index is 11.9. The fourth-order valence-electron chi connectivity index (χ4n) is 1.74. The molecule has 1 amide bonds. The number of hydrogen-bond acceptors (Lipinski definition) is 3. The molecule has 0 radical (unpaired) electrons. The molecule has 0 aliphatic heterocycles. The van der Waals surface area contributed by atoms with Gasteiger partial charge in [-0.2, -0.15) is 5.26 Å². The predicted molar refractivity (Wildman–Crippen MR) is 79.9 cm³/mol. The van der Waals surface area contributed by atoms with Crippen LogP contribution in [-0.4, -0.2) is 18.0 Å². The van der Waals surface area contributed by atoms with Crippen LogP contribution in [0.5, 0.6) is 0 Å². The third-order valence-corrected chi connectivity index (χ3v) is 3.65. The number of hydrogen-bond donors (Lipinski definition) is 2. The lowest BCUT2D eigenvalue weighted by molar-refractivity contribution is -0.122. The number of nitrogens with one attached hydrogen (secondary N) is 2. The highest BCUT2D eigenvalue weighted by Gasteiger charge is 2.29. The lowest BCUT2D eigenvalue weighted by atomic mass is 9.90. The molecule has 0 aromatic heterocycles. The van der Waals surface area contributed by atoms with Crippen molar-refractivity contribution in [2.24, 2.45) is 5.92 Å². The summed E-state index contributed by atoms with van der Waals surface area (Å²) in [6.45, 7) is 7.79. The van der Waals surface area contributed by atoms with E-state index in [4.69, 9.17) is 0 Å². The Bertz CT molecular complexity index is 478. The van der Waals surface area contributed by atoms with Gasteiger partial charge in [0.1, 0.15) is 5.54 Å². The molecule has 0 aliphatic rings. The van der Waals surface area contributed by atoms with Crippen LogP contribution >= 0.6 is 0 Å². The van der Waals surface area contributed by atoms with Crippen molar-refractivity contribution in [3.63, 3.8) is 0 Å². The molecule has 1 rings (SSSR count). The third-order valence-electron chi connectivity index (χ3n) is 3.65. The highest BCUT2D eigenvalue weighted by molar-refractivity contribution is 5.79. The monoisotopic (exact) mass is 273 g/mol. The molecular formula is C16H23N3O. The van der Waals surface area contributed by atoms with Crippen LogP contribution in [0.25, 0.3) is 0 Å². The molecule has 0 unspecified atom stereocenters. The SMILES string of the molecule is CC(C)[C@](C)(C#N)NC(=O)CN[C@H](C)c1ccccc1. The minimum Gasteiger partial charge on any atom is -0.337 e. The number of carbonyl (C=O) groups excluding carboxylic acids is 1. The standard InChI is InChI=1S/C16H23N3O/c1-12(2)16(4,11-17)19-15(20)10-18-13(3)14-8-6-5-7-9-14/h5-9,12-13,18H,10H2,1-4H3,(H,19,20)/t13-,16+/m1/s1. The van der Waals surface area contributed by atoms with Crippen molar-refractivity contribution >= 4 is 5.91 Å². The zero-order valence-corrected chi connectivity index (χ0v) is 12.6. The Labute approximate surface area is 121 Å². The fraction of sp³-hybridized carbons (Fsp3) is 0.500. The van der Waals surface area contributed by atoms with Crippen molar-refractivity contribution in [2.75, 3.05) is 6.54 Å². The van der Waals surface area contributed by atoms with E-state index in [2.05, 4.69) is 16.7 Å². The van der Waals surface area contributed by atoms with Crippen LogP contribution in [0.4, 0.5) is 0 Å². The second-order valence-electron chi connectivity index (χ2n) is 5.53. The number of rotatable bonds is 6. The summed E-state index contributed by atoms with van der Waals surface area (Å²) >= 11 is 0. The van der Waals surface area contributed by atoms with Gasteiger partial charge in [-0.05, 0) is 25.3 Å². The van der Waals surface area contributed by atoms with E-state index < -0.39 is 5.54 Å². The zero-order chi connectivity index (χ0) is 15.2. The average molecular weight is 273 g/mol. The molecule has 0 saturated carbocycles. The number of nitriles is 1. The minimum absolute atomic E-state index is 0.0583. The van der Waals surface area contributed by atoms with Crippen LogP contribution in [0, 0.1) is 17.2 Å². The van der Waals surface area contributed by atoms with Gasteiger partial charge < -0.3 is 10.6 Å². The van der Waals surface area contributed by atoms with Crippen LogP contribution in [0.1, 0.15) is 39.3 Å². The number of benzene rings is 1. The summed E-state index contributed by atoms with van der Waals surface area (Å²) in [6.07, 6.45) is 0. The Morgan fingerprint density at radius 1 is 1.30 bits per heavy atom. The molecule has 1 aromatic rings. The van der Waals surface area contributed by atoms with Crippen molar-refractivity contribution in [1.29, 1.82) is 5.26 Å². The van der Waals surface area contributed by atoms with Crippen molar-refractivity contribution < 1.29 is 4.79 Å².